The number of rotatable bonds is 14. The number of aromatic nitrogens is 3. The van der Waals surface area contributed by atoms with Crippen molar-refractivity contribution in [1.29, 1.82) is 0 Å². The second-order valence-electron chi connectivity index (χ2n) is 8.59. The molecule has 1 N–H and O–H groups in total. The minimum atomic E-state index is -0.602. The molecule has 2 aromatic heterocycles. The largest absolute Gasteiger partial charge is 0.497 e. The lowest BCUT2D eigenvalue weighted by Gasteiger charge is -2.20. The van der Waals surface area contributed by atoms with Gasteiger partial charge in [-0.25, -0.2) is 9.78 Å². The summed E-state index contributed by atoms with van der Waals surface area (Å²) in [5, 5.41) is 3.76. The van der Waals surface area contributed by atoms with Gasteiger partial charge in [0.25, 0.3) is 0 Å². The summed E-state index contributed by atoms with van der Waals surface area (Å²) in [7, 11) is 4.99. The fourth-order valence-electron chi connectivity index (χ4n) is 3.89. The predicted molar refractivity (Wildman–Crippen MR) is 139 cm³/mol. The average Bonchev–Trinajstić information content (AvgIpc) is 3.55. The number of hydrogen-bond acceptors (Lipinski definition) is 10. The standard InChI is InChI=1S/C27H32N4O7/c1-18-15-21(9-10-22(18)25-29-27(32)38-30-25)36-17-24-23(16-31(11-13-33-2)12-14-34-3)28-26(37-24)19-5-7-20(35-4)8-6-19/h5-10,15H,11-14,16-17H2,1-4H3,(H,29,30,32). The zero-order chi connectivity index (χ0) is 26.9. The lowest BCUT2D eigenvalue weighted by atomic mass is 10.1. The quantitative estimate of drug-likeness (QED) is 0.261. The van der Waals surface area contributed by atoms with E-state index in [1.165, 1.54) is 0 Å². The number of aromatic amines is 1. The van der Waals surface area contributed by atoms with Crippen molar-refractivity contribution in [2.45, 2.75) is 20.1 Å². The molecule has 202 valence electrons. The van der Waals surface area contributed by atoms with Crippen molar-refractivity contribution in [3.8, 4) is 34.3 Å². The molecule has 0 aliphatic heterocycles. The Labute approximate surface area is 220 Å². The monoisotopic (exact) mass is 524 g/mol. The van der Waals surface area contributed by atoms with E-state index in [1.54, 1.807) is 27.4 Å². The number of hydrogen-bond donors (Lipinski definition) is 1. The number of H-pyrrole nitrogens is 1. The summed E-state index contributed by atoms with van der Waals surface area (Å²) in [6.07, 6.45) is 0. The predicted octanol–water partition coefficient (Wildman–Crippen LogP) is 3.68. The highest BCUT2D eigenvalue weighted by molar-refractivity contribution is 5.60. The maximum Gasteiger partial charge on any atom is 0.439 e. The van der Waals surface area contributed by atoms with Crippen LogP contribution in [0.25, 0.3) is 22.8 Å². The summed E-state index contributed by atoms with van der Waals surface area (Å²) < 4.78 is 32.8. The van der Waals surface area contributed by atoms with Gasteiger partial charge in [-0.3, -0.25) is 14.4 Å². The third-order valence-corrected chi connectivity index (χ3v) is 5.98. The van der Waals surface area contributed by atoms with Gasteiger partial charge < -0.3 is 23.4 Å². The Morgan fingerprint density at radius 1 is 0.974 bits per heavy atom. The fraction of sp³-hybridized carbons (Fsp3) is 0.370. The van der Waals surface area contributed by atoms with E-state index in [2.05, 4.69) is 19.6 Å². The fourth-order valence-corrected chi connectivity index (χ4v) is 3.89. The second kappa shape index (κ2) is 13.0. The molecule has 0 atom stereocenters. The lowest BCUT2D eigenvalue weighted by molar-refractivity contribution is 0.109. The van der Waals surface area contributed by atoms with E-state index in [0.717, 1.165) is 41.2 Å². The Kier molecular flexibility index (Phi) is 9.30. The molecule has 0 amide bonds. The highest BCUT2D eigenvalue weighted by Gasteiger charge is 2.19. The Hall–Kier alpha value is -3.93. The van der Waals surface area contributed by atoms with Gasteiger partial charge in [-0.05, 0) is 55.0 Å². The van der Waals surface area contributed by atoms with Gasteiger partial charge in [0.05, 0.1) is 20.3 Å². The summed E-state index contributed by atoms with van der Waals surface area (Å²) in [6.45, 7) is 5.23. The molecule has 0 unspecified atom stereocenters. The summed E-state index contributed by atoms with van der Waals surface area (Å²) >= 11 is 0. The average molecular weight is 525 g/mol. The zero-order valence-corrected chi connectivity index (χ0v) is 22.0. The van der Waals surface area contributed by atoms with Crippen LogP contribution in [0, 0.1) is 6.92 Å². The number of ether oxygens (including phenoxy) is 4. The summed E-state index contributed by atoms with van der Waals surface area (Å²) in [4.78, 5) is 20.9. The minimum Gasteiger partial charge on any atom is -0.497 e. The van der Waals surface area contributed by atoms with E-state index < -0.39 is 5.76 Å². The van der Waals surface area contributed by atoms with E-state index >= 15 is 0 Å². The van der Waals surface area contributed by atoms with Gasteiger partial charge >= 0.3 is 5.76 Å². The number of benzene rings is 2. The highest BCUT2D eigenvalue weighted by Crippen LogP contribution is 2.28. The SMILES string of the molecule is COCCN(CCOC)Cc1nc(-c2ccc(OC)cc2)oc1COc1ccc(-c2noc(=O)[nH]2)c(C)c1. The normalized spacial score (nSPS) is 11.3. The number of methoxy groups -OCH3 is 3. The lowest BCUT2D eigenvalue weighted by Crippen LogP contribution is -2.30. The Morgan fingerprint density at radius 3 is 2.29 bits per heavy atom. The number of aryl methyl sites for hydroxylation is 1. The van der Waals surface area contributed by atoms with Crippen LogP contribution in [0.15, 0.2) is 56.2 Å². The van der Waals surface area contributed by atoms with Crippen LogP contribution in [0.2, 0.25) is 0 Å². The molecule has 11 nitrogen and oxygen atoms in total. The van der Waals surface area contributed by atoms with E-state index in [1.807, 2.05) is 43.3 Å². The Morgan fingerprint density at radius 2 is 1.68 bits per heavy atom. The molecule has 38 heavy (non-hydrogen) atoms. The first kappa shape index (κ1) is 27.1. The first-order valence-corrected chi connectivity index (χ1v) is 12.1. The highest BCUT2D eigenvalue weighted by atomic mass is 16.5. The summed E-state index contributed by atoms with van der Waals surface area (Å²) in [5.41, 5.74) is 3.23. The minimum absolute atomic E-state index is 0.181. The molecular weight excluding hydrogens is 492 g/mol. The molecule has 4 aromatic rings. The van der Waals surface area contributed by atoms with Crippen LogP contribution in [0.1, 0.15) is 17.0 Å². The first-order chi connectivity index (χ1) is 18.5. The van der Waals surface area contributed by atoms with E-state index in [9.17, 15) is 4.79 Å². The summed E-state index contributed by atoms with van der Waals surface area (Å²) in [5.74, 6) is 2.28. The van der Waals surface area contributed by atoms with E-state index in [-0.39, 0.29) is 6.61 Å². The molecule has 11 heteroatoms. The van der Waals surface area contributed by atoms with Crippen LogP contribution in [0.4, 0.5) is 0 Å². The maximum absolute atomic E-state index is 11.3. The third kappa shape index (κ3) is 6.88. The van der Waals surface area contributed by atoms with Crippen molar-refractivity contribution < 1.29 is 27.9 Å². The number of nitrogens with zero attached hydrogens (tertiary/aromatic N) is 3. The molecule has 0 bridgehead atoms. The third-order valence-electron chi connectivity index (χ3n) is 5.98. The maximum atomic E-state index is 11.3. The van der Waals surface area contributed by atoms with Crippen LogP contribution in [0.3, 0.4) is 0 Å². The Balaban J connectivity index is 1.56. The van der Waals surface area contributed by atoms with Gasteiger partial charge in [-0.15, -0.1) is 0 Å². The van der Waals surface area contributed by atoms with Gasteiger partial charge in [0.1, 0.15) is 23.8 Å². The number of nitrogens with one attached hydrogen (secondary N) is 1. The van der Waals surface area contributed by atoms with Crippen molar-refractivity contribution in [2.24, 2.45) is 0 Å². The van der Waals surface area contributed by atoms with E-state index in [0.29, 0.717) is 43.0 Å². The van der Waals surface area contributed by atoms with Crippen molar-refractivity contribution in [2.75, 3.05) is 47.6 Å². The van der Waals surface area contributed by atoms with E-state index in [4.69, 9.17) is 28.3 Å². The van der Waals surface area contributed by atoms with Gasteiger partial charge in [0.15, 0.2) is 11.6 Å². The van der Waals surface area contributed by atoms with Crippen molar-refractivity contribution in [1.82, 2.24) is 20.0 Å². The zero-order valence-electron chi connectivity index (χ0n) is 22.0. The topological polar surface area (TPSA) is 125 Å². The van der Waals surface area contributed by atoms with Gasteiger partial charge in [0, 0.05) is 45.0 Å². The molecule has 0 saturated heterocycles. The van der Waals surface area contributed by atoms with Crippen LogP contribution < -0.4 is 15.2 Å². The molecule has 0 radical (unpaired) electrons. The van der Waals surface area contributed by atoms with Gasteiger partial charge in [-0.2, -0.15) is 0 Å². The molecule has 0 aliphatic carbocycles. The van der Waals surface area contributed by atoms with Crippen LogP contribution >= 0.6 is 0 Å². The van der Waals surface area contributed by atoms with Crippen molar-refractivity contribution >= 4 is 0 Å². The van der Waals surface area contributed by atoms with Crippen molar-refractivity contribution in [3.63, 3.8) is 0 Å². The first-order valence-electron chi connectivity index (χ1n) is 12.1. The number of oxazole rings is 1. The summed E-state index contributed by atoms with van der Waals surface area (Å²) in [6, 6.07) is 13.0. The van der Waals surface area contributed by atoms with Crippen LogP contribution in [-0.4, -0.2) is 67.7 Å². The van der Waals surface area contributed by atoms with Crippen molar-refractivity contribution in [3.05, 3.63) is 70.0 Å². The molecule has 4 rings (SSSR count). The molecular formula is C27H32N4O7. The van der Waals surface area contributed by atoms with Gasteiger partial charge in [-0.1, -0.05) is 5.16 Å². The molecule has 2 aromatic carbocycles. The van der Waals surface area contributed by atoms with Crippen LogP contribution in [0.5, 0.6) is 11.5 Å². The van der Waals surface area contributed by atoms with Crippen LogP contribution in [-0.2, 0) is 22.6 Å². The smallest absolute Gasteiger partial charge is 0.439 e. The molecule has 0 saturated carbocycles. The molecule has 0 spiro atoms. The molecule has 2 heterocycles. The Bertz CT molecular complexity index is 1350. The van der Waals surface area contributed by atoms with Gasteiger partial charge in [0.2, 0.25) is 5.89 Å². The second-order valence-corrected chi connectivity index (χ2v) is 8.59. The molecule has 0 fully saturated rings. The molecule has 0 aliphatic rings.